The quantitative estimate of drug-likeness (QED) is 0.298. The fourth-order valence-corrected chi connectivity index (χ4v) is 6.24. The summed E-state index contributed by atoms with van der Waals surface area (Å²) >= 11 is 0. The number of aryl methyl sites for hydroxylation is 1. The Bertz CT molecular complexity index is 1310. The summed E-state index contributed by atoms with van der Waals surface area (Å²) in [5.41, 5.74) is 2.70. The summed E-state index contributed by atoms with van der Waals surface area (Å²) in [5.74, 6) is 0.00802. The van der Waals surface area contributed by atoms with E-state index in [0.29, 0.717) is 26.1 Å². The number of fused-ring (bicyclic) bond motifs is 1. The van der Waals surface area contributed by atoms with Gasteiger partial charge < -0.3 is 35.1 Å². The Morgan fingerprint density at radius 1 is 1.02 bits per heavy atom. The van der Waals surface area contributed by atoms with Crippen LogP contribution in [0.3, 0.4) is 0 Å². The van der Waals surface area contributed by atoms with Gasteiger partial charge in [0.15, 0.2) is 0 Å². The average Bonchev–Trinajstić information content (AvgIpc) is 3.19. The number of likely N-dealkylation sites (tertiary alicyclic amines) is 1. The molecule has 2 fully saturated rings. The minimum atomic E-state index is -4.64. The number of piperidine rings is 2. The van der Waals surface area contributed by atoms with E-state index in [1.165, 1.54) is 0 Å². The van der Waals surface area contributed by atoms with Crippen LogP contribution in [-0.4, -0.2) is 75.6 Å². The van der Waals surface area contributed by atoms with E-state index in [9.17, 15) is 14.4 Å². The van der Waals surface area contributed by atoms with Gasteiger partial charge in [-0.25, -0.2) is 4.57 Å². The van der Waals surface area contributed by atoms with E-state index >= 15 is 0 Å². The number of anilines is 1. The van der Waals surface area contributed by atoms with Crippen molar-refractivity contribution < 1.29 is 33.6 Å². The lowest BCUT2D eigenvalue weighted by molar-refractivity contribution is -0.138. The molecule has 2 saturated heterocycles. The van der Waals surface area contributed by atoms with Gasteiger partial charge in [-0.15, -0.1) is 0 Å². The zero-order valence-corrected chi connectivity index (χ0v) is 25.7. The van der Waals surface area contributed by atoms with E-state index in [-0.39, 0.29) is 29.7 Å². The Balaban J connectivity index is 0.000000782. The van der Waals surface area contributed by atoms with Crippen molar-refractivity contribution in [1.29, 1.82) is 0 Å². The van der Waals surface area contributed by atoms with Gasteiger partial charge in [-0.3, -0.25) is 14.4 Å². The van der Waals surface area contributed by atoms with Gasteiger partial charge in [-0.05, 0) is 76.1 Å². The number of benzene rings is 2. The molecule has 12 heteroatoms. The fraction of sp³-hybridized carbons (Fsp3) is 0.516. The van der Waals surface area contributed by atoms with Crippen LogP contribution >= 0.6 is 7.82 Å². The molecule has 1 unspecified atom stereocenters. The van der Waals surface area contributed by atoms with E-state index in [1.54, 1.807) is 0 Å². The Labute approximate surface area is 252 Å². The number of hydrogen-bond acceptors (Lipinski definition) is 5. The molecule has 3 aliphatic heterocycles. The Hall–Kier alpha value is -3.08. The van der Waals surface area contributed by atoms with E-state index in [0.717, 1.165) is 55.5 Å². The minimum absolute atomic E-state index is 0.00928. The van der Waals surface area contributed by atoms with Crippen molar-refractivity contribution in [3.05, 3.63) is 65.7 Å². The molecule has 2 atom stereocenters. The number of phosphoric acid groups is 1. The Morgan fingerprint density at radius 3 is 2.28 bits per heavy atom. The van der Waals surface area contributed by atoms with Crippen molar-refractivity contribution >= 4 is 31.2 Å². The molecule has 5 N–H and O–H groups in total. The van der Waals surface area contributed by atoms with E-state index in [2.05, 4.69) is 22.8 Å². The normalized spacial score (nSPS) is 21.0. The third-order valence-electron chi connectivity index (χ3n) is 8.58. The Kier molecular flexibility index (Phi) is 10.8. The summed E-state index contributed by atoms with van der Waals surface area (Å²) in [5, 5.41) is 6.42. The molecule has 2 aromatic carbocycles. The van der Waals surface area contributed by atoms with Gasteiger partial charge >= 0.3 is 7.82 Å². The Morgan fingerprint density at radius 2 is 1.65 bits per heavy atom. The van der Waals surface area contributed by atoms with Gasteiger partial charge in [-0.2, -0.15) is 0 Å². The summed E-state index contributed by atoms with van der Waals surface area (Å²) in [4.78, 5) is 65.6. The molecule has 43 heavy (non-hydrogen) atoms. The van der Waals surface area contributed by atoms with Crippen LogP contribution in [-0.2, 0) is 30.8 Å². The predicted octanol–water partition coefficient (Wildman–Crippen LogP) is 2.49. The first kappa shape index (κ1) is 32.8. The highest BCUT2D eigenvalue weighted by Crippen LogP contribution is 2.43. The number of amides is 3. The van der Waals surface area contributed by atoms with Crippen LogP contribution in [0.4, 0.5) is 5.69 Å². The molecule has 11 nitrogen and oxygen atoms in total. The van der Waals surface area contributed by atoms with Crippen LogP contribution in [0, 0.1) is 5.92 Å². The van der Waals surface area contributed by atoms with Crippen molar-refractivity contribution in [3.63, 3.8) is 0 Å². The fourth-order valence-electron chi connectivity index (χ4n) is 6.24. The second kappa shape index (κ2) is 14.1. The first-order valence-electron chi connectivity index (χ1n) is 14.9. The number of carbonyl (C=O) groups is 3. The molecule has 0 aliphatic carbocycles. The van der Waals surface area contributed by atoms with Crippen LogP contribution in [0.25, 0.3) is 0 Å². The molecule has 0 radical (unpaired) electrons. The maximum atomic E-state index is 13.7. The molecular formula is C31H43N4O7P. The maximum Gasteiger partial charge on any atom is 0.466 e. The lowest BCUT2D eigenvalue weighted by Crippen LogP contribution is -2.55. The van der Waals surface area contributed by atoms with E-state index in [1.807, 2.05) is 66.1 Å². The van der Waals surface area contributed by atoms with Gasteiger partial charge in [0, 0.05) is 31.4 Å². The molecule has 0 saturated carbocycles. The lowest BCUT2D eigenvalue weighted by Gasteiger charge is -2.39. The average molecular weight is 615 g/mol. The summed E-state index contributed by atoms with van der Waals surface area (Å²) in [7, 11) is -4.64. The van der Waals surface area contributed by atoms with Crippen molar-refractivity contribution in [1.82, 2.24) is 15.5 Å². The molecule has 2 aromatic rings. The highest BCUT2D eigenvalue weighted by molar-refractivity contribution is 7.45. The first-order chi connectivity index (χ1) is 20.4. The number of nitrogens with zero attached hydrogens (tertiary/aromatic N) is 2. The number of hydrogen-bond donors (Lipinski definition) is 5. The summed E-state index contributed by atoms with van der Waals surface area (Å²) in [6.07, 6.45) is 4.59. The number of para-hydroxylation sites is 1. The van der Waals surface area contributed by atoms with Crippen LogP contribution in [0.2, 0.25) is 0 Å². The van der Waals surface area contributed by atoms with Crippen molar-refractivity contribution in [3.8, 4) is 0 Å². The highest BCUT2D eigenvalue weighted by Gasteiger charge is 2.47. The van der Waals surface area contributed by atoms with Gasteiger partial charge in [0.2, 0.25) is 17.7 Å². The summed E-state index contributed by atoms with van der Waals surface area (Å²) < 4.78 is 8.88. The van der Waals surface area contributed by atoms with Gasteiger partial charge in [-0.1, -0.05) is 48.5 Å². The molecule has 0 bridgehead atoms. The molecule has 0 spiro atoms. The maximum absolute atomic E-state index is 13.7. The zero-order valence-electron chi connectivity index (χ0n) is 24.8. The largest absolute Gasteiger partial charge is 0.466 e. The van der Waals surface area contributed by atoms with E-state index in [4.69, 9.17) is 19.2 Å². The minimum Gasteiger partial charge on any atom is -0.344 e. The SMILES string of the molecule is CC1(C)C(=O)N(C2CCN(C(=O)C(CCc3ccccc3)NC(=O)[C@@H]3CCCNC3)CC2)c2ccccc21.O=P(O)(O)O. The third-order valence-corrected chi connectivity index (χ3v) is 8.58. The topological polar surface area (TPSA) is 160 Å². The summed E-state index contributed by atoms with van der Waals surface area (Å²) in [6, 6.07) is 17.7. The third kappa shape index (κ3) is 8.52. The standard InChI is InChI=1S/C31H40N4O3.H3O4P/c1-31(2)25-12-6-7-13-27(25)35(30(31)38)24-16-19-34(20-17-24)29(37)26(15-14-22-9-4-3-5-10-22)33-28(36)23-11-8-18-32-21-23;1-5(2,3)4/h3-7,9-10,12-13,23-24,26,32H,8,11,14-21H2,1-2H3,(H,33,36);(H3,1,2,3,4)/t23-,26?;/m1./s1. The summed E-state index contributed by atoms with van der Waals surface area (Å²) in [6.45, 7) is 6.76. The zero-order chi connectivity index (χ0) is 31.2. The first-order valence-corrected chi connectivity index (χ1v) is 16.5. The highest BCUT2D eigenvalue weighted by atomic mass is 31.2. The molecular weight excluding hydrogens is 571 g/mol. The lowest BCUT2D eigenvalue weighted by atomic mass is 9.86. The van der Waals surface area contributed by atoms with Crippen molar-refractivity contribution in [2.75, 3.05) is 31.1 Å². The molecule has 3 amide bonds. The second-order valence-corrected chi connectivity index (χ2v) is 13.0. The van der Waals surface area contributed by atoms with Crippen LogP contribution in [0.15, 0.2) is 54.6 Å². The molecule has 3 heterocycles. The second-order valence-electron chi connectivity index (χ2n) is 12.0. The molecule has 234 valence electrons. The predicted molar refractivity (Wildman–Crippen MR) is 163 cm³/mol. The van der Waals surface area contributed by atoms with Crippen LogP contribution in [0.1, 0.15) is 57.1 Å². The molecule has 5 rings (SSSR count). The van der Waals surface area contributed by atoms with Crippen LogP contribution < -0.4 is 15.5 Å². The number of rotatable bonds is 7. The van der Waals surface area contributed by atoms with Crippen molar-refractivity contribution in [2.24, 2.45) is 5.92 Å². The monoisotopic (exact) mass is 614 g/mol. The molecule has 3 aliphatic rings. The van der Waals surface area contributed by atoms with E-state index < -0.39 is 19.3 Å². The van der Waals surface area contributed by atoms with Crippen molar-refractivity contribution in [2.45, 2.75) is 69.9 Å². The number of nitrogens with one attached hydrogen (secondary N) is 2. The smallest absolute Gasteiger partial charge is 0.344 e. The van der Waals surface area contributed by atoms with Gasteiger partial charge in [0.1, 0.15) is 6.04 Å². The molecule has 0 aromatic heterocycles. The van der Waals surface area contributed by atoms with Gasteiger partial charge in [0.25, 0.3) is 0 Å². The number of carbonyl (C=O) groups excluding carboxylic acids is 3. The van der Waals surface area contributed by atoms with Crippen LogP contribution in [0.5, 0.6) is 0 Å². The van der Waals surface area contributed by atoms with Gasteiger partial charge in [0.05, 0.1) is 11.3 Å².